The Morgan fingerprint density at radius 3 is 2.66 bits per heavy atom. The zero-order valence-electron chi connectivity index (χ0n) is 16.9. The number of hydrogen-bond acceptors (Lipinski definition) is 5. The highest BCUT2D eigenvalue weighted by atomic mass is 16.5. The molecular formula is C23H26N2O4. The van der Waals surface area contributed by atoms with Gasteiger partial charge >= 0.3 is 0 Å². The number of ether oxygens (including phenoxy) is 2. The predicted octanol–water partition coefficient (Wildman–Crippen LogP) is 4.35. The minimum atomic E-state index is -0.550. The van der Waals surface area contributed by atoms with E-state index in [0.29, 0.717) is 29.0 Å². The van der Waals surface area contributed by atoms with E-state index in [-0.39, 0.29) is 11.7 Å². The van der Waals surface area contributed by atoms with E-state index >= 15 is 0 Å². The summed E-state index contributed by atoms with van der Waals surface area (Å²) in [6, 6.07) is 12.3. The lowest BCUT2D eigenvalue weighted by Crippen LogP contribution is -2.29. The SMILES string of the molecule is CCCCC(=O)N[C@H](c1ccc(OC)c(OC)c1)c1ccc2cccnc2c1O. The van der Waals surface area contributed by atoms with Crippen LogP contribution in [-0.4, -0.2) is 30.2 Å². The first-order valence-corrected chi connectivity index (χ1v) is 9.67. The molecule has 6 heteroatoms. The number of benzene rings is 2. The minimum Gasteiger partial charge on any atom is -0.505 e. The summed E-state index contributed by atoms with van der Waals surface area (Å²) in [5.74, 6) is 1.12. The highest BCUT2D eigenvalue weighted by molar-refractivity contribution is 5.86. The van der Waals surface area contributed by atoms with Crippen molar-refractivity contribution in [2.45, 2.75) is 32.2 Å². The number of carbonyl (C=O) groups excluding carboxylic acids is 1. The highest BCUT2D eigenvalue weighted by Gasteiger charge is 2.23. The minimum absolute atomic E-state index is 0.0543. The predicted molar refractivity (Wildman–Crippen MR) is 112 cm³/mol. The van der Waals surface area contributed by atoms with E-state index in [4.69, 9.17) is 9.47 Å². The first kappa shape index (κ1) is 20.5. The van der Waals surface area contributed by atoms with E-state index in [9.17, 15) is 9.90 Å². The van der Waals surface area contributed by atoms with Gasteiger partial charge in [0, 0.05) is 23.6 Å². The lowest BCUT2D eigenvalue weighted by Gasteiger charge is -2.22. The molecule has 1 atom stereocenters. The summed E-state index contributed by atoms with van der Waals surface area (Å²) in [6.07, 6.45) is 3.79. The normalized spacial score (nSPS) is 11.8. The molecule has 1 aromatic heterocycles. The number of aromatic nitrogens is 1. The van der Waals surface area contributed by atoms with Crippen molar-refractivity contribution in [3.63, 3.8) is 0 Å². The van der Waals surface area contributed by atoms with Crippen LogP contribution in [0.5, 0.6) is 17.2 Å². The van der Waals surface area contributed by atoms with Crippen LogP contribution in [0.2, 0.25) is 0 Å². The lowest BCUT2D eigenvalue weighted by atomic mass is 9.95. The average Bonchev–Trinajstić information content (AvgIpc) is 2.76. The molecule has 3 aromatic rings. The Kier molecular flexibility index (Phi) is 6.54. The quantitative estimate of drug-likeness (QED) is 0.594. The second kappa shape index (κ2) is 9.28. The van der Waals surface area contributed by atoms with Crippen molar-refractivity contribution in [2.24, 2.45) is 0 Å². The molecule has 0 spiro atoms. The number of unbranched alkanes of at least 4 members (excludes halogenated alkanes) is 1. The molecular weight excluding hydrogens is 368 g/mol. The van der Waals surface area contributed by atoms with Crippen LogP contribution >= 0.6 is 0 Å². The number of methoxy groups -OCH3 is 2. The van der Waals surface area contributed by atoms with E-state index in [2.05, 4.69) is 10.3 Å². The van der Waals surface area contributed by atoms with Crippen molar-refractivity contribution in [3.8, 4) is 17.2 Å². The van der Waals surface area contributed by atoms with Crippen molar-refractivity contribution >= 4 is 16.8 Å². The molecule has 1 heterocycles. The third-order valence-corrected chi connectivity index (χ3v) is 4.89. The van der Waals surface area contributed by atoms with Gasteiger partial charge in [0.1, 0.15) is 11.3 Å². The monoisotopic (exact) mass is 394 g/mol. The van der Waals surface area contributed by atoms with Crippen molar-refractivity contribution in [2.75, 3.05) is 14.2 Å². The fourth-order valence-corrected chi connectivity index (χ4v) is 3.32. The number of rotatable bonds is 8. The third-order valence-electron chi connectivity index (χ3n) is 4.89. The summed E-state index contributed by atoms with van der Waals surface area (Å²) in [5.41, 5.74) is 1.85. The average molecular weight is 394 g/mol. The Balaban J connectivity index is 2.09. The van der Waals surface area contributed by atoms with Gasteiger partial charge in [-0.25, -0.2) is 0 Å². The number of phenolic OH excluding ortho intramolecular Hbond substituents is 1. The van der Waals surface area contributed by atoms with Crippen molar-refractivity contribution in [1.29, 1.82) is 0 Å². The van der Waals surface area contributed by atoms with E-state index < -0.39 is 6.04 Å². The second-order valence-corrected chi connectivity index (χ2v) is 6.80. The Morgan fingerprint density at radius 2 is 1.93 bits per heavy atom. The number of nitrogens with zero attached hydrogens (tertiary/aromatic N) is 1. The van der Waals surface area contributed by atoms with E-state index in [1.165, 1.54) is 0 Å². The molecule has 0 unspecified atom stereocenters. The van der Waals surface area contributed by atoms with Gasteiger partial charge in [0.2, 0.25) is 5.91 Å². The van der Waals surface area contributed by atoms with Gasteiger partial charge in [-0.05, 0) is 30.2 Å². The van der Waals surface area contributed by atoms with Gasteiger partial charge < -0.3 is 19.9 Å². The number of pyridine rings is 1. The van der Waals surface area contributed by atoms with Gasteiger partial charge in [0.15, 0.2) is 11.5 Å². The summed E-state index contributed by atoms with van der Waals surface area (Å²) in [4.78, 5) is 16.8. The summed E-state index contributed by atoms with van der Waals surface area (Å²) >= 11 is 0. The van der Waals surface area contributed by atoms with Crippen molar-refractivity contribution in [3.05, 3.63) is 59.8 Å². The van der Waals surface area contributed by atoms with Crippen LogP contribution < -0.4 is 14.8 Å². The van der Waals surface area contributed by atoms with Crippen LogP contribution in [0.25, 0.3) is 10.9 Å². The largest absolute Gasteiger partial charge is 0.505 e. The molecule has 0 radical (unpaired) electrons. The molecule has 152 valence electrons. The standard InChI is InChI=1S/C23H26N2O4/c1-4-5-8-20(26)25-21(16-10-12-18(28-2)19(14-16)29-3)17-11-9-15-7-6-13-24-22(15)23(17)27/h6-7,9-14,21,27H,4-5,8H2,1-3H3,(H,25,26)/t21-/m1/s1. The molecule has 0 bridgehead atoms. The van der Waals surface area contributed by atoms with Crippen molar-refractivity contribution in [1.82, 2.24) is 10.3 Å². The van der Waals surface area contributed by atoms with Crippen LogP contribution in [0.15, 0.2) is 48.7 Å². The highest BCUT2D eigenvalue weighted by Crippen LogP contribution is 2.37. The number of aromatic hydroxyl groups is 1. The van der Waals surface area contributed by atoms with E-state index in [1.807, 2.05) is 43.3 Å². The zero-order valence-corrected chi connectivity index (χ0v) is 16.9. The van der Waals surface area contributed by atoms with Crippen LogP contribution in [-0.2, 0) is 4.79 Å². The molecule has 2 N–H and O–H groups in total. The molecule has 0 aliphatic heterocycles. The Bertz CT molecular complexity index is 1000. The lowest BCUT2D eigenvalue weighted by molar-refractivity contribution is -0.121. The smallest absolute Gasteiger partial charge is 0.220 e. The number of carbonyl (C=O) groups is 1. The van der Waals surface area contributed by atoms with Crippen LogP contribution in [0.4, 0.5) is 0 Å². The Labute approximate surface area is 170 Å². The maximum atomic E-state index is 12.5. The summed E-state index contributed by atoms with van der Waals surface area (Å²) in [6.45, 7) is 2.04. The van der Waals surface area contributed by atoms with Gasteiger partial charge in [-0.3, -0.25) is 9.78 Å². The van der Waals surface area contributed by atoms with Crippen LogP contribution in [0.1, 0.15) is 43.4 Å². The molecule has 0 saturated heterocycles. The Hall–Kier alpha value is -3.28. The zero-order chi connectivity index (χ0) is 20.8. The van der Waals surface area contributed by atoms with E-state index in [1.54, 1.807) is 26.5 Å². The molecule has 3 rings (SSSR count). The third kappa shape index (κ3) is 4.42. The molecule has 29 heavy (non-hydrogen) atoms. The molecule has 6 nitrogen and oxygen atoms in total. The summed E-state index contributed by atoms with van der Waals surface area (Å²) < 4.78 is 10.7. The van der Waals surface area contributed by atoms with Gasteiger partial charge in [0.05, 0.1) is 20.3 Å². The molecule has 2 aromatic carbocycles. The molecule has 0 fully saturated rings. The summed E-state index contributed by atoms with van der Waals surface area (Å²) in [7, 11) is 3.14. The fraction of sp³-hybridized carbons (Fsp3) is 0.304. The van der Waals surface area contributed by atoms with Gasteiger partial charge in [0.25, 0.3) is 0 Å². The maximum Gasteiger partial charge on any atom is 0.220 e. The number of hydrogen-bond donors (Lipinski definition) is 2. The Morgan fingerprint density at radius 1 is 1.14 bits per heavy atom. The van der Waals surface area contributed by atoms with Gasteiger partial charge in [-0.1, -0.05) is 37.6 Å². The van der Waals surface area contributed by atoms with Crippen LogP contribution in [0.3, 0.4) is 0 Å². The number of fused-ring (bicyclic) bond motifs is 1. The first-order valence-electron chi connectivity index (χ1n) is 9.67. The first-order chi connectivity index (χ1) is 14.1. The van der Waals surface area contributed by atoms with E-state index in [0.717, 1.165) is 23.8 Å². The van der Waals surface area contributed by atoms with Crippen LogP contribution in [0, 0.1) is 0 Å². The molecule has 0 saturated carbocycles. The molecule has 0 aliphatic carbocycles. The number of amides is 1. The topological polar surface area (TPSA) is 80.7 Å². The second-order valence-electron chi connectivity index (χ2n) is 6.80. The van der Waals surface area contributed by atoms with Gasteiger partial charge in [-0.15, -0.1) is 0 Å². The van der Waals surface area contributed by atoms with Crippen molar-refractivity contribution < 1.29 is 19.4 Å². The molecule has 1 amide bonds. The molecule has 0 aliphatic rings. The fourth-order valence-electron chi connectivity index (χ4n) is 3.32. The number of phenols is 1. The summed E-state index contributed by atoms with van der Waals surface area (Å²) in [5, 5.41) is 14.8. The maximum absolute atomic E-state index is 12.5. The number of nitrogens with one attached hydrogen (secondary N) is 1. The van der Waals surface area contributed by atoms with Gasteiger partial charge in [-0.2, -0.15) is 0 Å².